The Balaban J connectivity index is 2.05. The van der Waals surface area contributed by atoms with Crippen LogP contribution in [0.1, 0.15) is 37.7 Å². The van der Waals surface area contributed by atoms with Crippen LogP contribution in [0.2, 0.25) is 0 Å². The van der Waals surface area contributed by atoms with Crippen molar-refractivity contribution in [2.75, 3.05) is 7.05 Å². The Morgan fingerprint density at radius 1 is 1.11 bits per heavy atom. The maximum absolute atomic E-state index is 12.2. The maximum Gasteiger partial charge on any atom is 0.240 e. The average Bonchev–Trinajstić information content (AvgIpc) is 2.40. The van der Waals surface area contributed by atoms with Crippen molar-refractivity contribution >= 4 is 10.0 Å². The summed E-state index contributed by atoms with van der Waals surface area (Å²) in [6.45, 7) is 0.746. The van der Waals surface area contributed by atoms with Gasteiger partial charge >= 0.3 is 0 Å². The second-order valence-electron chi connectivity index (χ2n) is 5.13. The minimum Gasteiger partial charge on any atom is -0.316 e. The molecule has 0 aliphatic heterocycles. The molecule has 2 rings (SSSR count). The fourth-order valence-electron chi connectivity index (χ4n) is 2.50. The average molecular weight is 282 g/mol. The second kappa shape index (κ2) is 6.50. The second-order valence-corrected chi connectivity index (χ2v) is 6.84. The first-order valence-electron chi connectivity index (χ1n) is 6.88. The molecule has 5 heteroatoms. The molecule has 4 nitrogen and oxygen atoms in total. The Morgan fingerprint density at radius 3 is 2.32 bits per heavy atom. The predicted octanol–water partition coefficient (Wildman–Crippen LogP) is 2.02. The normalized spacial score (nSPS) is 17.5. The fourth-order valence-corrected chi connectivity index (χ4v) is 3.80. The first kappa shape index (κ1) is 14.5. The van der Waals surface area contributed by atoms with Crippen LogP contribution < -0.4 is 10.0 Å². The Morgan fingerprint density at radius 2 is 1.74 bits per heavy atom. The molecule has 0 atom stereocenters. The highest BCUT2D eigenvalue weighted by atomic mass is 32.2. The van der Waals surface area contributed by atoms with Gasteiger partial charge in [0, 0.05) is 12.6 Å². The van der Waals surface area contributed by atoms with Crippen molar-refractivity contribution in [1.29, 1.82) is 0 Å². The van der Waals surface area contributed by atoms with Gasteiger partial charge in [-0.15, -0.1) is 0 Å². The van der Waals surface area contributed by atoms with Crippen LogP contribution in [0.15, 0.2) is 29.2 Å². The van der Waals surface area contributed by atoms with E-state index in [-0.39, 0.29) is 6.04 Å². The van der Waals surface area contributed by atoms with E-state index in [1.54, 1.807) is 12.1 Å². The molecule has 0 heterocycles. The quantitative estimate of drug-likeness (QED) is 0.868. The predicted molar refractivity (Wildman–Crippen MR) is 76.4 cm³/mol. The summed E-state index contributed by atoms with van der Waals surface area (Å²) in [5, 5.41) is 3.04. The first-order valence-corrected chi connectivity index (χ1v) is 8.36. The summed E-state index contributed by atoms with van der Waals surface area (Å²) >= 11 is 0. The number of benzene rings is 1. The van der Waals surface area contributed by atoms with E-state index < -0.39 is 10.0 Å². The van der Waals surface area contributed by atoms with Gasteiger partial charge < -0.3 is 5.32 Å². The highest BCUT2D eigenvalue weighted by Crippen LogP contribution is 2.20. The molecule has 0 amide bonds. The lowest BCUT2D eigenvalue weighted by molar-refractivity contribution is 0.412. The lowest BCUT2D eigenvalue weighted by Crippen LogP contribution is -2.36. The number of sulfonamides is 1. The van der Waals surface area contributed by atoms with E-state index in [9.17, 15) is 8.42 Å². The molecule has 1 aromatic carbocycles. The Hall–Kier alpha value is -0.910. The van der Waals surface area contributed by atoms with Crippen LogP contribution in [0, 0.1) is 0 Å². The zero-order valence-corrected chi connectivity index (χ0v) is 12.2. The highest BCUT2D eigenvalue weighted by molar-refractivity contribution is 7.89. The van der Waals surface area contributed by atoms with E-state index in [1.165, 1.54) is 6.42 Å². The Kier molecular flexibility index (Phi) is 4.96. The van der Waals surface area contributed by atoms with Crippen molar-refractivity contribution < 1.29 is 8.42 Å². The monoisotopic (exact) mass is 282 g/mol. The molecule has 0 radical (unpaired) electrons. The topological polar surface area (TPSA) is 58.2 Å². The van der Waals surface area contributed by atoms with Gasteiger partial charge in [0.25, 0.3) is 0 Å². The number of rotatable bonds is 5. The minimum absolute atomic E-state index is 0.107. The van der Waals surface area contributed by atoms with Crippen molar-refractivity contribution in [3.8, 4) is 0 Å². The summed E-state index contributed by atoms with van der Waals surface area (Å²) in [4.78, 5) is 0.359. The van der Waals surface area contributed by atoms with Crippen LogP contribution in [0.4, 0.5) is 0 Å². The van der Waals surface area contributed by atoms with E-state index in [4.69, 9.17) is 0 Å². The van der Waals surface area contributed by atoms with E-state index in [0.29, 0.717) is 4.90 Å². The van der Waals surface area contributed by atoms with Crippen molar-refractivity contribution in [3.63, 3.8) is 0 Å². The summed E-state index contributed by atoms with van der Waals surface area (Å²) in [6.07, 6.45) is 5.37. The molecule has 1 aromatic rings. The number of hydrogen-bond donors (Lipinski definition) is 2. The van der Waals surface area contributed by atoms with Crippen molar-refractivity contribution in [2.24, 2.45) is 0 Å². The SMILES string of the molecule is CNCc1ccc(S(=O)(=O)NC2CCCCC2)cc1. The molecule has 1 fully saturated rings. The molecule has 0 aromatic heterocycles. The smallest absolute Gasteiger partial charge is 0.240 e. The molecular weight excluding hydrogens is 260 g/mol. The fraction of sp³-hybridized carbons (Fsp3) is 0.571. The molecule has 1 saturated carbocycles. The maximum atomic E-state index is 12.2. The van der Waals surface area contributed by atoms with Gasteiger partial charge in [-0.2, -0.15) is 0 Å². The Labute approximate surface area is 115 Å². The van der Waals surface area contributed by atoms with Crippen molar-refractivity contribution in [3.05, 3.63) is 29.8 Å². The van der Waals surface area contributed by atoms with Crippen LogP contribution in [0.25, 0.3) is 0 Å². The summed E-state index contributed by atoms with van der Waals surface area (Å²) in [5.74, 6) is 0. The molecule has 1 aliphatic rings. The van der Waals surface area contributed by atoms with Gasteiger partial charge in [-0.05, 0) is 37.6 Å². The summed E-state index contributed by atoms with van der Waals surface area (Å²) in [7, 11) is -1.49. The standard InChI is InChI=1S/C14H22N2O2S/c1-15-11-12-7-9-14(10-8-12)19(17,18)16-13-5-3-2-4-6-13/h7-10,13,15-16H,2-6,11H2,1H3. The molecule has 106 valence electrons. The largest absolute Gasteiger partial charge is 0.316 e. The third-order valence-electron chi connectivity index (χ3n) is 3.54. The molecule has 0 bridgehead atoms. The van der Waals surface area contributed by atoms with Gasteiger partial charge in [0.05, 0.1) is 4.90 Å². The zero-order valence-electron chi connectivity index (χ0n) is 11.4. The van der Waals surface area contributed by atoms with Crippen molar-refractivity contribution in [1.82, 2.24) is 10.0 Å². The van der Waals surface area contributed by atoms with Gasteiger partial charge in [0.15, 0.2) is 0 Å². The number of nitrogens with one attached hydrogen (secondary N) is 2. The molecular formula is C14H22N2O2S. The third kappa shape index (κ3) is 4.03. The molecule has 0 unspecified atom stereocenters. The van der Waals surface area contributed by atoms with E-state index in [2.05, 4.69) is 10.0 Å². The van der Waals surface area contributed by atoms with Gasteiger partial charge in [-0.1, -0.05) is 31.4 Å². The van der Waals surface area contributed by atoms with Crippen LogP contribution in [-0.2, 0) is 16.6 Å². The summed E-state index contributed by atoms with van der Waals surface area (Å²) in [6, 6.07) is 7.17. The summed E-state index contributed by atoms with van der Waals surface area (Å²) in [5.41, 5.74) is 1.08. The van der Waals surface area contributed by atoms with Crippen molar-refractivity contribution in [2.45, 2.75) is 49.6 Å². The van der Waals surface area contributed by atoms with Crippen LogP contribution >= 0.6 is 0 Å². The van der Waals surface area contributed by atoms with Gasteiger partial charge in [0.2, 0.25) is 10.0 Å². The first-order chi connectivity index (χ1) is 9.12. The highest BCUT2D eigenvalue weighted by Gasteiger charge is 2.21. The summed E-state index contributed by atoms with van der Waals surface area (Å²) < 4.78 is 27.3. The van der Waals surface area contributed by atoms with E-state index in [1.807, 2.05) is 19.2 Å². The van der Waals surface area contributed by atoms with Gasteiger partial charge in [-0.3, -0.25) is 0 Å². The molecule has 0 spiro atoms. The zero-order chi connectivity index (χ0) is 13.7. The lowest BCUT2D eigenvalue weighted by atomic mass is 9.96. The van der Waals surface area contributed by atoms with Crippen LogP contribution in [0.3, 0.4) is 0 Å². The minimum atomic E-state index is -3.36. The number of hydrogen-bond acceptors (Lipinski definition) is 3. The van der Waals surface area contributed by atoms with Crippen LogP contribution in [-0.4, -0.2) is 21.5 Å². The lowest BCUT2D eigenvalue weighted by Gasteiger charge is -2.22. The molecule has 1 aliphatic carbocycles. The molecule has 2 N–H and O–H groups in total. The van der Waals surface area contributed by atoms with Gasteiger partial charge in [-0.25, -0.2) is 13.1 Å². The molecule has 19 heavy (non-hydrogen) atoms. The molecule has 0 saturated heterocycles. The van der Waals surface area contributed by atoms with E-state index >= 15 is 0 Å². The Bertz CT molecular complexity index is 491. The van der Waals surface area contributed by atoms with Gasteiger partial charge in [0.1, 0.15) is 0 Å². The van der Waals surface area contributed by atoms with Crippen LogP contribution in [0.5, 0.6) is 0 Å². The third-order valence-corrected chi connectivity index (χ3v) is 5.08. The van der Waals surface area contributed by atoms with E-state index in [0.717, 1.165) is 37.8 Å².